The molecule has 2 N–H and O–H groups in total. The maximum Gasteiger partial charge on any atom is 0.306 e. The standard InChI is InChI=1S/C17H26N2O2/c1-19(2)15-9-7-13(8-10-15)11-18-12-14-5-3-4-6-16(14)17(20)21/h7-10,14,16,18H,3-6,11-12H2,1-2H3,(H,20,21). The summed E-state index contributed by atoms with van der Waals surface area (Å²) in [5.41, 5.74) is 2.43. The number of hydrogen-bond acceptors (Lipinski definition) is 3. The van der Waals surface area contributed by atoms with Crippen LogP contribution in [0.2, 0.25) is 0 Å². The zero-order chi connectivity index (χ0) is 15.2. The molecule has 1 aromatic carbocycles. The van der Waals surface area contributed by atoms with E-state index in [9.17, 15) is 9.90 Å². The quantitative estimate of drug-likeness (QED) is 0.846. The van der Waals surface area contributed by atoms with E-state index in [-0.39, 0.29) is 11.8 Å². The highest BCUT2D eigenvalue weighted by atomic mass is 16.4. The molecule has 1 aliphatic carbocycles. The van der Waals surface area contributed by atoms with E-state index in [1.54, 1.807) is 0 Å². The number of anilines is 1. The third kappa shape index (κ3) is 4.46. The zero-order valence-corrected chi connectivity index (χ0v) is 13.0. The molecule has 2 unspecified atom stereocenters. The van der Waals surface area contributed by atoms with Crippen LogP contribution in [0.1, 0.15) is 31.2 Å². The molecule has 1 saturated carbocycles. The topological polar surface area (TPSA) is 52.6 Å². The fourth-order valence-electron chi connectivity index (χ4n) is 3.09. The van der Waals surface area contributed by atoms with Crippen LogP contribution in [-0.4, -0.2) is 31.7 Å². The normalized spacial score (nSPS) is 22.0. The van der Waals surface area contributed by atoms with Gasteiger partial charge in [-0.05, 0) is 43.0 Å². The minimum Gasteiger partial charge on any atom is -0.481 e. The van der Waals surface area contributed by atoms with Gasteiger partial charge < -0.3 is 15.3 Å². The Balaban J connectivity index is 1.81. The SMILES string of the molecule is CN(C)c1ccc(CNCC2CCCCC2C(=O)O)cc1. The van der Waals surface area contributed by atoms with E-state index in [1.165, 1.54) is 11.3 Å². The number of carboxylic acids is 1. The lowest BCUT2D eigenvalue weighted by molar-refractivity contribution is -0.144. The van der Waals surface area contributed by atoms with Gasteiger partial charge in [-0.25, -0.2) is 0 Å². The van der Waals surface area contributed by atoms with Gasteiger partial charge in [0, 0.05) is 26.3 Å². The Labute approximate surface area is 127 Å². The van der Waals surface area contributed by atoms with E-state index in [0.29, 0.717) is 0 Å². The summed E-state index contributed by atoms with van der Waals surface area (Å²) in [4.78, 5) is 13.3. The van der Waals surface area contributed by atoms with Crippen LogP contribution in [-0.2, 0) is 11.3 Å². The van der Waals surface area contributed by atoms with Crippen LogP contribution in [0, 0.1) is 11.8 Å². The van der Waals surface area contributed by atoms with E-state index in [4.69, 9.17) is 0 Å². The molecule has 1 fully saturated rings. The average Bonchev–Trinajstić information content (AvgIpc) is 2.48. The van der Waals surface area contributed by atoms with Crippen molar-refractivity contribution in [2.45, 2.75) is 32.2 Å². The largest absolute Gasteiger partial charge is 0.481 e. The van der Waals surface area contributed by atoms with Crippen molar-refractivity contribution in [1.82, 2.24) is 5.32 Å². The molecule has 1 aromatic rings. The highest BCUT2D eigenvalue weighted by Crippen LogP contribution is 2.29. The summed E-state index contributed by atoms with van der Waals surface area (Å²) in [6.07, 6.45) is 4.08. The fraction of sp³-hybridized carbons (Fsp3) is 0.588. The van der Waals surface area contributed by atoms with Crippen molar-refractivity contribution in [1.29, 1.82) is 0 Å². The second kappa shape index (κ2) is 7.46. The number of aliphatic carboxylic acids is 1. The molecule has 21 heavy (non-hydrogen) atoms. The zero-order valence-electron chi connectivity index (χ0n) is 13.0. The third-order valence-corrected chi connectivity index (χ3v) is 4.41. The van der Waals surface area contributed by atoms with Crippen molar-refractivity contribution in [2.75, 3.05) is 25.5 Å². The highest BCUT2D eigenvalue weighted by molar-refractivity contribution is 5.70. The lowest BCUT2D eigenvalue weighted by Crippen LogP contribution is -2.34. The number of hydrogen-bond donors (Lipinski definition) is 2. The second-order valence-electron chi connectivity index (χ2n) is 6.18. The molecule has 0 heterocycles. The molecule has 2 rings (SSSR count). The lowest BCUT2D eigenvalue weighted by Gasteiger charge is -2.28. The first kappa shape index (κ1) is 15.8. The molecule has 0 radical (unpaired) electrons. The molecular formula is C17H26N2O2. The van der Waals surface area contributed by atoms with Crippen LogP contribution >= 0.6 is 0 Å². The molecule has 1 aliphatic rings. The molecule has 0 bridgehead atoms. The summed E-state index contributed by atoms with van der Waals surface area (Å²) in [5.74, 6) is -0.517. The summed E-state index contributed by atoms with van der Waals surface area (Å²) >= 11 is 0. The summed E-state index contributed by atoms with van der Waals surface area (Å²) in [6, 6.07) is 8.46. The van der Waals surface area contributed by atoms with Gasteiger partial charge in [-0.15, -0.1) is 0 Å². The minimum atomic E-state index is -0.628. The van der Waals surface area contributed by atoms with Crippen molar-refractivity contribution >= 4 is 11.7 Å². The molecule has 0 saturated heterocycles. The maximum atomic E-state index is 11.3. The summed E-state index contributed by atoms with van der Waals surface area (Å²) in [5, 5.41) is 12.7. The number of carboxylic acid groups (broad SMARTS) is 1. The molecule has 0 spiro atoms. The van der Waals surface area contributed by atoms with Crippen molar-refractivity contribution in [2.24, 2.45) is 11.8 Å². The smallest absolute Gasteiger partial charge is 0.306 e. The van der Waals surface area contributed by atoms with Crippen molar-refractivity contribution in [3.63, 3.8) is 0 Å². The third-order valence-electron chi connectivity index (χ3n) is 4.41. The van der Waals surface area contributed by atoms with Crippen molar-refractivity contribution in [3.05, 3.63) is 29.8 Å². The number of nitrogens with zero attached hydrogens (tertiary/aromatic N) is 1. The Kier molecular flexibility index (Phi) is 5.62. The van der Waals surface area contributed by atoms with E-state index < -0.39 is 5.97 Å². The van der Waals surface area contributed by atoms with E-state index >= 15 is 0 Å². The highest BCUT2D eigenvalue weighted by Gasteiger charge is 2.30. The van der Waals surface area contributed by atoms with Crippen molar-refractivity contribution in [3.8, 4) is 0 Å². The van der Waals surface area contributed by atoms with Crippen LogP contribution < -0.4 is 10.2 Å². The minimum absolute atomic E-state index is 0.164. The van der Waals surface area contributed by atoms with Crippen LogP contribution in [0.4, 0.5) is 5.69 Å². The molecule has 0 aliphatic heterocycles. The van der Waals surface area contributed by atoms with Gasteiger partial charge in [0.2, 0.25) is 0 Å². The molecule has 116 valence electrons. The Morgan fingerprint density at radius 3 is 2.52 bits per heavy atom. The fourth-order valence-corrected chi connectivity index (χ4v) is 3.09. The Hall–Kier alpha value is -1.55. The van der Waals surface area contributed by atoms with E-state index in [1.807, 2.05) is 14.1 Å². The summed E-state index contributed by atoms with van der Waals surface area (Å²) in [6.45, 7) is 1.60. The number of nitrogens with one attached hydrogen (secondary N) is 1. The van der Waals surface area contributed by atoms with E-state index in [0.717, 1.165) is 38.8 Å². The van der Waals surface area contributed by atoms with Gasteiger partial charge >= 0.3 is 5.97 Å². The van der Waals surface area contributed by atoms with Crippen LogP contribution in [0.15, 0.2) is 24.3 Å². The van der Waals surface area contributed by atoms with Crippen LogP contribution in [0.3, 0.4) is 0 Å². The van der Waals surface area contributed by atoms with Gasteiger partial charge in [0.05, 0.1) is 5.92 Å². The number of rotatable bonds is 6. The summed E-state index contributed by atoms with van der Waals surface area (Å²) in [7, 11) is 4.06. The molecule has 0 aromatic heterocycles. The maximum absolute atomic E-state index is 11.3. The van der Waals surface area contributed by atoms with Crippen LogP contribution in [0.25, 0.3) is 0 Å². The average molecular weight is 290 g/mol. The Morgan fingerprint density at radius 2 is 1.90 bits per heavy atom. The predicted octanol–water partition coefficient (Wildman–Crippen LogP) is 2.73. The molecule has 2 atom stereocenters. The lowest BCUT2D eigenvalue weighted by atomic mass is 9.79. The van der Waals surface area contributed by atoms with Gasteiger partial charge in [-0.3, -0.25) is 4.79 Å². The Bertz CT molecular complexity index is 456. The van der Waals surface area contributed by atoms with Gasteiger partial charge in [0.1, 0.15) is 0 Å². The van der Waals surface area contributed by atoms with Crippen molar-refractivity contribution < 1.29 is 9.90 Å². The van der Waals surface area contributed by atoms with Gasteiger partial charge in [0.25, 0.3) is 0 Å². The number of benzene rings is 1. The van der Waals surface area contributed by atoms with E-state index in [2.05, 4.69) is 34.5 Å². The van der Waals surface area contributed by atoms with Gasteiger partial charge in [-0.1, -0.05) is 25.0 Å². The summed E-state index contributed by atoms with van der Waals surface area (Å²) < 4.78 is 0. The first-order valence-electron chi connectivity index (χ1n) is 7.77. The molecule has 4 nitrogen and oxygen atoms in total. The molecule has 4 heteroatoms. The second-order valence-corrected chi connectivity index (χ2v) is 6.18. The molecule has 0 amide bonds. The molecular weight excluding hydrogens is 264 g/mol. The van der Waals surface area contributed by atoms with Crippen LogP contribution in [0.5, 0.6) is 0 Å². The first-order chi connectivity index (χ1) is 10.1. The Morgan fingerprint density at radius 1 is 1.24 bits per heavy atom. The number of carbonyl (C=O) groups is 1. The predicted molar refractivity (Wildman–Crippen MR) is 85.6 cm³/mol. The first-order valence-corrected chi connectivity index (χ1v) is 7.77. The van der Waals surface area contributed by atoms with Gasteiger partial charge in [0.15, 0.2) is 0 Å². The van der Waals surface area contributed by atoms with Gasteiger partial charge in [-0.2, -0.15) is 0 Å². The monoisotopic (exact) mass is 290 g/mol.